The molecule has 0 aliphatic rings. The fourth-order valence-corrected chi connectivity index (χ4v) is 3.60. The normalized spacial score (nSPS) is 12.0. The zero-order valence-corrected chi connectivity index (χ0v) is 11.1. The number of benzene rings is 1. The number of nitrogen functional groups attached to an aromatic ring is 1. The highest BCUT2D eigenvalue weighted by Crippen LogP contribution is 2.41. The summed E-state index contributed by atoms with van der Waals surface area (Å²) >= 11 is 1.80. The largest absolute Gasteiger partial charge is 0.396 e. The highest BCUT2D eigenvalue weighted by Gasteiger charge is 2.18. The van der Waals surface area contributed by atoms with Gasteiger partial charge in [0.15, 0.2) is 0 Å². The quantitative estimate of drug-likeness (QED) is 0.678. The van der Waals surface area contributed by atoms with Crippen molar-refractivity contribution in [1.82, 2.24) is 4.57 Å². The monoisotopic (exact) mass is 244 g/mol. The van der Waals surface area contributed by atoms with Crippen LogP contribution < -0.4 is 5.73 Å². The third-order valence-electron chi connectivity index (χ3n) is 3.27. The molecule has 0 radical (unpaired) electrons. The number of aryl methyl sites for hydroxylation is 1. The number of anilines is 1. The van der Waals surface area contributed by atoms with Crippen molar-refractivity contribution in [2.24, 2.45) is 0 Å². The van der Waals surface area contributed by atoms with E-state index in [1.807, 2.05) is 0 Å². The number of hydrogen-bond acceptors (Lipinski definition) is 2. The Kier molecular flexibility index (Phi) is 2.20. The predicted molar refractivity (Wildman–Crippen MR) is 76.9 cm³/mol. The van der Waals surface area contributed by atoms with Gasteiger partial charge in [-0.05, 0) is 26.8 Å². The first kappa shape index (κ1) is 10.7. The van der Waals surface area contributed by atoms with Crippen LogP contribution in [-0.2, 0) is 0 Å². The molecule has 0 atom stereocenters. The number of thiophene rings is 1. The van der Waals surface area contributed by atoms with E-state index in [4.69, 9.17) is 5.73 Å². The van der Waals surface area contributed by atoms with E-state index in [0.717, 1.165) is 5.69 Å². The van der Waals surface area contributed by atoms with Gasteiger partial charge in [0.05, 0.1) is 21.4 Å². The van der Waals surface area contributed by atoms with E-state index in [2.05, 4.69) is 49.6 Å². The van der Waals surface area contributed by atoms with Crippen LogP contribution in [0.1, 0.15) is 24.8 Å². The minimum Gasteiger partial charge on any atom is -0.396 e. The Bertz CT molecular complexity index is 704. The van der Waals surface area contributed by atoms with Crippen LogP contribution in [0.5, 0.6) is 0 Å². The molecule has 3 aromatic rings. The summed E-state index contributed by atoms with van der Waals surface area (Å²) in [4.78, 5) is 1.22. The van der Waals surface area contributed by atoms with Crippen molar-refractivity contribution in [3.63, 3.8) is 0 Å². The lowest BCUT2D eigenvalue weighted by atomic mass is 10.2. The van der Waals surface area contributed by atoms with Gasteiger partial charge in [-0.1, -0.05) is 18.2 Å². The number of fused-ring (bicyclic) bond motifs is 3. The first-order valence-corrected chi connectivity index (χ1v) is 6.70. The fraction of sp³-hybridized carbons (Fsp3) is 0.286. The second-order valence-corrected chi connectivity index (χ2v) is 5.96. The van der Waals surface area contributed by atoms with Gasteiger partial charge in [-0.25, -0.2) is 0 Å². The van der Waals surface area contributed by atoms with Crippen LogP contribution in [0.25, 0.3) is 21.1 Å². The van der Waals surface area contributed by atoms with Crippen LogP contribution in [0, 0.1) is 6.92 Å². The molecule has 0 saturated carbocycles. The second kappa shape index (κ2) is 3.50. The summed E-state index contributed by atoms with van der Waals surface area (Å²) in [6, 6.07) is 8.97. The van der Waals surface area contributed by atoms with E-state index in [1.54, 1.807) is 11.3 Å². The maximum Gasteiger partial charge on any atom is 0.0840 e. The van der Waals surface area contributed by atoms with E-state index in [1.165, 1.54) is 26.0 Å². The Morgan fingerprint density at radius 1 is 1.24 bits per heavy atom. The summed E-state index contributed by atoms with van der Waals surface area (Å²) in [6.07, 6.45) is 0. The average molecular weight is 244 g/mol. The van der Waals surface area contributed by atoms with Gasteiger partial charge in [0.1, 0.15) is 0 Å². The first-order valence-electron chi connectivity index (χ1n) is 5.88. The van der Waals surface area contributed by atoms with Gasteiger partial charge in [-0.2, -0.15) is 0 Å². The highest BCUT2D eigenvalue weighted by molar-refractivity contribution is 7.20. The predicted octanol–water partition coefficient (Wildman–Crippen LogP) is 4.33. The van der Waals surface area contributed by atoms with E-state index >= 15 is 0 Å². The number of para-hydroxylation sites is 1. The van der Waals surface area contributed by atoms with Crippen LogP contribution in [0.3, 0.4) is 0 Å². The van der Waals surface area contributed by atoms with E-state index < -0.39 is 0 Å². The summed E-state index contributed by atoms with van der Waals surface area (Å²) < 4.78 is 3.67. The lowest BCUT2D eigenvalue weighted by Crippen LogP contribution is -2.01. The van der Waals surface area contributed by atoms with Gasteiger partial charge in [0.2, 0.25) is 0 Å². The number of nitrogens with two attached hydrogens (primary N) is 1. The van der Waals surface area contributed by atoms with Crippen molar-refractivity contribution in [1.29, 1.82) is 0 Å². The van der Waals surface area contributed by atoms with E-state index in [0.29, 0.717) is 6.04 Å². The maximum atomic E-state index is 6.23. The van der Waals surface area contributed by atoms with Gasteiger partial charge >= 0.3 is 0 Å². The van der Waals surface area contributed by atoms with Crippen molar-refractivity contribution in [3.05, 3.63) is 29.1 Å². The fourth-order valence-electron chi connectivity index (χ4n) is 2.50. The number of rotatable bonds is 1. The van der Waals surface area contributed by atoms with Gasteiger partial charge in [-0.15, -0.1) is 11.3 Å². The third-order valence-corrected chi connectivity index (χ3v) is 4.41. The minimum absolute atomic E-state index is 0.425. The molecular formula is C14H16N2S. The minimum atomic E-state index is 0.425. The SMILES string of the molecule is Cc1sc2c3ccccc3n(C(C)C)c2c1N. The number of hydrogen-bond donors (Lipinski definition) is 1. The standard InChI is InChI=1S/C14H16N2S/c1-8(2)16-11-7-5-4-6-10(11)14-13(16)12(15)9(3)17-14/h4-8H,15H2,1-3H3. The topological polar surface area (TPSA) is 30.9 Å². The Morgan fingerprint density at radius 3 is 2.65 bits per heavy atom. The summed E-state index contributed by atoms with van der Waals surface area (Å²) in [5.74, 6) is 0. The van der Waals surface area contributed by atoms with Crippen LogP contribution in [0.2, 0.25) is 0 Å². The summed E-state index contributed by atoms with van der Waals surface area (Å²) in [7, 11) is 0. The van der Waals surface area contributed by atoms with E-state index in [9.17, 15) is 0 Å². The highest BCUT2D eigenvalue weighted by atomic mass is 32.1. The molecule has 0 saturated heterocycles. The lowest BCUT2D eigenvalue weighted by molar-refractivity contribution is 0.643. The molecule has 0 amide bonds. The summed E-state index contributed by atoms with van der Waals surface area (Å²) in [6.45, 7) is 6.51. The van der Waals surface area contributed by atoms with Crippen molar-refractivity contribution in [2.75, 3.05) is 5.73 Å². The maximum absolute atomic E-state index is 6.23. The molecule has 0 unspecified atom stereocenters. The van der Waals surface area contributed by atoms with Crippen molar-refractivity contribution in [2.45, 2.75) is 26.8 Å². The van der Waals surface area contributed by atoms with Gasteiger partial charge in [-0.3, -0.25) is 0 Å². The molecule has 2 heterocycles. The van der Waals surface area contributed by atoms with Crippen molar-refractivity contribution < 1.29 is 0 Å². The van der Waals surface area contributed by atoms with Gasteiger partial charge < -0.3 is 10.3 Å². The van der Waals surface area contributed by atoms with Crippen LogP contribution in [-0.4, -0.2) is 4.57 Å². The van der Waals surface area contributed by atoms with Gasteiger partial charge in [0.25, 0.3) is 0 Å². The summed E-state index contributed by atoms with van der Waals surface area (Å²) in [5, 5.41) is 1.32. The van der Waals surface area contributed by atoms with Gasteiger partial charge in [0, 0.05) is 16.3 Å². The summed E-state index contributed by atoms with van der Waals surface area (Å²) in [5.41, 5.74) is 9.67. The molecule has 17 heavy (non-hydrogen) atoms. The second-order valence-electron chi connectivity index (χ2n) is 4.73. The Hall–Kier alpha value is -1.48. The molecule has 1 aromatic carbocycles. The molecule has 3 heteroatoms. The zero-order valence-electron chi connectivity index (χ0n) is 10.3. The Labute approximate surface area is 105 Å². The smallest absolute Gasteiger partial charge is 0.0840 e. The molecule has 2 aromatic heterocycles. The molecule has 0 spiro atoms. The molecule has 0 aliphatic heterocycles. The molecule has 3 rings (SSSR count). The van der Waals surface area contributed by atoms with Crippen LogP contribution >= 0.6 is 11.3 Å². The Balaban J connectivity index is 2.61. The molecule has 2 nitrogen and oxygen atoms in total. The van der Waals surface area contributed by atoms with E-state index in [-0.39, 0.29) is 0 Å². The van der Waals surface area contributed by atoms with Crippen molar-refractivity contribution in [3.8, 4) is 0 Å². The average Bonchev–Trinajstić information content (AvgIpc) is 2.76. The Morgan fingerprint density at radius 2 is 1.94 bits per heavy atom. The molecule has 0 fully saturated rings. The molecule has 2 N–H and O–H groups in total. The number of aromatic nitrogens is 1. The molecule has 0 bridgehead atoms. The van der Waals surface area contributed by atoms with Crippen LogP contribution in [0.4, 0.5) is 5.69 Å². The zero-order chi connectivity index (χ0) is 12.2. The first-order chi connectivity index (χ1) is 8.11. The number of nitrogens with zero attached hydrogens (tertiary/aromatic N) is 1. The lowest BCUT2D eigenvalue weighted by Gasteiger charge is -2.11. The molecular weight excluding hydrogens is 228 g/mol. The molecule has 88 valence electrons. The molecule has 0 aliphatic carbocycles. The third kappa shape index (κ3) is 1.32. The van der Waals surface area contributed by atoms with Crippen LogP contribution in [0.15, 0.2) is 24.3 Å². The van der Waals surface area contributed by atoms with Crippen molar-refractivity contribution >= 4 is 38.1 Å².